The van der Waals surface area contributed by atoms with E-state index in [9.17, 15) is 10.1 Å². The van der Waals surface area contributed by atoms with E-state index in [-0.39, 0.29) is 5.91 Å². The van der Waals surface area contributed by atoms with Crippen LogP contribution in [0.15, 0.2) is 47.8 Å². The molecule has 1 aromatic carbocycles. The smallest absolute Gasteiger partial charge is 0.252 e. The Kier molecular flexibility index (Phi) is 5.90. The Hall–Kier alpha value is -3.74. The van der Waals surface area contributed by atoms with Crippen molar-refractivity contribution in [1.82, 2.24) is 14.7 Å². The second-order valence-electron chi connectivity index (χ2n) is 7.50. The first-order chi connectivity index (χ1) is 15.6. The molecule has 0 spiro atoms. The van der Waals surface area contributed by atoms with Crippen LogP contribution in [0.3, 0.4) is 0 Å². The molecule has 3 heterocycles. The van der Waals surface area contributed by atoms with Crippen LogP contribution in [0.4, 0.5) is 5.82 Å². The molecular formula is C23H24N6O3. The van der Waals surface area contributed by atoms with E-state index in [1.165, 1.54) is 0 Å². The Morgan fingerprint density at radius 1 is 1.28 bits per heavy atom. The van der Waals surface area contributed by atoms with Crippen LogP contribution >= 0.6 is 0 Å². The predicted octanol–water partition coefficient (Wildman–Crippen LogP) is 2.30. The third-order valence-corrected chi connectivity index (χ3v) is 5.50. The molecule has 32 heavy (non-hydrogen) atoms. The second-order valence-corrected chi connectivity index (χ2v) is 7.50. The van der Waals surface area contributed by atoms with Crippen LogP contribution in [0.5, 0.6) is 0 Å². The second kappa shape index (κ2) is 8.78. The highest BCUT2D eigenvalue weighted by Crippen LogP contribution is 2.32. The minimum Gasteiger partial charge on any atom is -0.382 e. The number of carbonyl (C=O) groups is 1. The molecule has 164 valence electrons. The summed E-state index contributed by atoms with van der Waals surface area (Å²) in [6, 6.07) is 11.4. The fourth-order valence-corrected chi connectivity index (χ4v) is 4.09. The van der Waals surface area contributed by atoms with Gasteiger partial charge >= 0.3 is 0 Å². The summed E-state index contributed by atoms with van der Waals surface area (Å²) in [6.07, 6.45) is 5.14. The number of hydrogen-bond acceptors (Lipinski definition) is 7. The van der Waals surface area contributed by atoms with Crippen LogP contribution in [0, 0.1) is 11.3 Å². The van der Waals surface area contributed by atoms with Crippen LogP contribution in [0.25, 0.3) is 5.52 Å². The van der Waals surface area contributed by atoms with Crippen LogP contribution in [-0.4, -0.2) is 55.5 Å². The lowest BCUT2D eigenvalue weighted by atomic mass is 9.90. The van der Waals surface area contributed by atoms with Gasteiger partial charge in [-0.25, -0.2) is 9.99 Å². The minimum absolute atomic E-state index is 0.148. The zero-order chi connectivity index (χ0) is 22.7. The number of amides is 1. The summed E-state index contributed by atoms with van der Waals surface area (Å²) in [5, 5.41) is 18.7. The molecule has 9 heteroatoms. The molecule has 9 nitrogen and oxygen atoms in total. The molecule has 0 radical (unpaired) electrons. The summed E-state index contributed by atoms with van der Waals surface area (Å²) in [7, 11) is 3.19. The molecule has 0 unspecified atom stereocenters. The number of ether oxygens (including phenoxy) is 2. The Morgan fingerprint density at radius 2 is 2.06 bits per heavy atom. The molecule has 0 saturated heterocycles. The molecule has 4 rings (SSSR count). The molecule has 1 N–H and O–H groups in total. The average Bonchev–Trinajstić information content (AvgIpc) is 3.34. The molecule has 0 fully saturated rings. The molecule has 0 bridgehead atoms. The first kappa shape index (κ1) is 21.5. The van der Waals surface area contributed by atoms with Gasteiger partial charge in [-0.15, -0.1) is 0 Å². The number of nitrogens with zero attached hydrogens (tertiary/aromatic N) is 5. The van der Waals surface area contributed by atoms with E-state index in [1.54, 1.807) is 54.4 Å². The highest BCUT2D eigenvalue weighted by molar-refractivity contribution is 6.01. The van der Waals surface area contributed by atoms with E-state index in [0.29, 0.717) is 36.8 Å². The monoisotopic (exact) mass is 432 g/mol. The predicted molar refractivity (Wildman–Crippen MR) is 120 cm³/mol. The van der Waals surface area contributed by atoms with E-state index in [4.69, 9.17) is 9.47 Å². The normalized spacial score (nSPS) is 14.5. The number of methoxy groups -OCH3 is 2. The topological polar surface area (TPSA) is 104 Å². The Morgan fingerprint density at radius 3 is 2.75 bits per heavy atom. The first-order valence-electron chi connectivity index (χ1n) is 10.2. The molecular weight excluding hydrogens is 408 g/mol. The van der Waals surface area contributed by atoms with Gasteiger partial charge in [-0.1, -0.05) is 6.07 Å². The van der Waals surface area contributed by atoms with Crippen molar-refractivity contribution in [3.63, 3.8) is 0 Å². The fourth-order valence-electron chi connectivity index (χ4n) is 4.09. The van der Waals surface area contributed by atoms with Gasteiger partial charge in [0.25, 0.3) is 5.91 Å². The minimum atomic E-state index is -0.739. The lowest BCUT2D eigenvalue weighted by Crippen LogP contribution is -2.47. The number of rotatable bonds is 8. The van der Waals surface area contributed by atoms with Gasteiger partial charge in [0.2, 0.25) is 0 Å². The Bertz CT molecular complexity index is 1220. The zero-order valence-electron chi connectivity index (χ0n) is 18.2. The van der Waals surface area contributed by atoms with E-state index in [1.807, 2.05) is 25.1 Å². The van der Waals surface area contributed by atoms with Crippen molar-refractivity contribution in [1.29, 1.82) is 5.26 Å². The third-order valence-electron chi connectivity index (χ3n) is 5.50. The van der Waals surface area contributed by atoms with Crippen LogP contribution in [-0.2, 0) is 15.0 Å². The van der Waals surface area contributed by atoms with E-state index in [2.05, 4.69) is 21.5 Å². The van der Waals surface area contributed by atoms with Crippen molar-refractivity contribution in [3.8, 4) is 6.07 Å². The summed E-state index contributed by atoms with van der Waals surface area (Å²) < 4.78 is 12.6. The molecule has 1 amide bonds. The van der Waals surface area contributed by atoms with Crippen molar-refractivity contribution >= 4 is 23.5 Å². The van der Waals surface area contributed by atoms with Crippen LogP contribution < -0.4 is 10.3 Å². The van der Waals surface area contributed by atoms with Crippen molar-refractivity contribution < 1.29 is 14.3 Å². The van der Waals surface area contributed by atoms with Gasteiger partial charge in [-0.3, -0.25) is 4.79 Å². The SMILES string of the molecule is CCN(/N=C/c1ccc2c(c1)C(COC)(COC)NC2=O)c1nccn2c(C#N)ccc12. The third kappa shape index (κ3) is 3.60. The number of benzene rings is 1. The number of anilines is 1. The summed E-state index contributed by atoms with van der Waals surface area (Å²) >= 11 is 0. The van der Waals surface area contributed by atoms with Crippen LogP contribution in [0.1, 0.15) is 34.1 Å². The Labute approximate surface area is 185 Å². The number of carbonyl (C=O) groups excluding carboxylic acids is 1. The van der Waals surface area contributed by atoms with E-state index in [0.717, 1.165) is 16.6 Å². The van der Waals surface area contributed by atoms with Crippen molar-refractivity contribution in [2.75, 3.05) is 39.0 Å². The van der Waals surface area contributed by atoms with Crippen molar-refractivity contribution in [2.45, 2.75) is 12.5 Å². The summed E-state index contributed by atoms with van der Waals surface area (Å²) in [5.41, 5.74) is 2.85. The van der Waals surface area contributed by atoms with Crippen molar-refractivity contribution in [3.05, 3.63) is 65.1 Å². The summed E-state index contributed by atoms with van der Waals surface area (Å²) in [6.45, 7) is 3.15. The lowest BCUT2D eigenvalue weighted by molar-refractivity contribution is 0.0426. The molecule has 3 aromatic rings. The maximum absolute atomic E-state index is 12.5. The molecule has 0 saturated carbocycles. The van der Waals surface area contributed by atoms with Crippen LogP contribution in [0.2, 0.25) is 0 Å². The summed E-state index contributed by atoms with van der Waals surface area (Å²) in [4.78, 5) is 17.0. The van der Waals surface area contributed by atoms with Gasteiger partial charge in [-0.2, -0.15) is 10.4 Å². The molecule has 0 atom stereocenters. The molecule has 1 aliphatic heterocycles. The standard InChI is InChI=1S/C23H24N6O3/c1-4-29(21-20-8-6-17(12-24)28(20)10-9-25-21)26-13-16-5-7-18-19(11-16)23(14-31-2,15-32-3)27-22(18)30/h5-11,13H,4,14-15H2,1-3H3,(H,27,30)/b26-13+. The molecule has 2 aromatic heterocycles. The number of aromatic nitrogens is 2. The maximum Gasteiger partial charge on any atom is 0.252 e. The summed E-state index contributed by atoms with van der Waals surface area (Å²) in [5.74, 6) is 0.504. The number of fused-ring (bicyclic) bond motifs is 2. The Balaban J connectivity index is 1.69. The zero-order valence-corrected chi connectivity index (χ0v) is 18.2. The average molecular weight is 432 g/mol. The van der Waals surface area contributed by atoms with Gasteiger partial charge in [-0.05, 0) is 42.3 Å². The highest BCUT2D eigenvalue weighted by atomic mass is 16.5. The van der Waals surface area contributed by atoms with Gasteiger partial charge < -0.3 is 19.2 Å². The van der Waals surface area contributed by atoms with Gasteiger partial charge in [0.1, 0.15) is 17.3 Å². The number of hydrazone groups is 1. The van der Waals surface area contributed by atoms with Gasteiger partial charge in [0.15, 0.2) is 5.82 Å². The van der Waals surface area contributed by atoms with Crippen molar-refractivity contribution in [2.24, 2.45) is 5.10 Å². The highest BCUT2D eigenvalue weighted by Gasteiger charge is 2.43. The quantitative estimate of drug-likeness (QED) is 0.433. The lowest BCUT2D eigenvalue weighted by Gasteiger charge is -2.28. The molecule has 0 aliphatic carbocycles. The van der Waals surface area contributed by atoms with E-state index >= 15 is 0 Å². The van der Waals surface area contributed by atoms with Gasteiger partial charge in [0, 0.05) is 38.7 Å². The number of nitriles is 1. The van der Waals surface area contributed by atoms with E-state index < -0.39 is 5.54 Å². The number of nitrogens with one attached hydrogen (secondary N) is 1. The van der Waals surface area contributed by atoms with Gasteiger partial charge in [0.05, 0.1) is 24.9 Å². The largest absolute Gasteiger partial charge is 0.382 e. The molecule has 1 aliphatic rings. The first-order valence-corrected chi connectivity index (χ1v) is 10.2. The number of hydrogen-bond donors (Lipinski definition) is 1. The maximum atomic E-state index is 12.5. The fraction of sp³-hybridized carbons (Fsp3) is 0.304.